The molecule has 5 heteroatoms. The Labute approximate surface area is 115 Å². The molecule has 0 spiro atoms. The van der Waals surface area contributed by atoms with Crippen molar-refractivity contribution >= 4 is 16.3 Å². The van der Waals surface area contributed by atoms with E-state index >= 15 is 0 Å². The van der Waals surface area contributed by atoms with Crippen LogP contribution in [0.25, 0.3) is 15.5 Å². The molecular formula is C14H16N4S. The van der Waals surface area contributed by atoms with Crippen molar-refractivity contribution in [1.82, 2.24) is 14.6 Å². The van der Waals surface area contributed by atoms with Crippen molar-refractivity contribution in [2.24, 2.45) is 5.73 Å². The van der Waals surface area contributed by atoms with Crippen LogP contribution in [0, 0.1) is 13.8 Å². The van der Waals surface area contributed by atoms with Gasteiger partial charge in [0.1, 0.15) is 5.01 Å². The van der Waals surface area contributed by atoms with Crippen LogP contribution in [-0.4, -0.2) is 21.1 Å². The van der Waals surface area contributed by atoms with Gasteiger partial charge in [-0.1, -0.05) is 23.5 Å². The maximum Gasteiger partial charge on any atom is 0.212 e. The van der Waals surface area contributed by atoms with E-state index < -0.39 is 0 Å². The summed E-state index contributed by atoms with van der Waals surface area (Å²) >= 11 is 1.61. The molecule has 0 aliphatic heterocycles. The van der Waals surface area contributed by atoms with Crippen molar-refractivity contribution in [3.8, 4) is 10.6 Å². The second-order valence-corrected chi connectivity index (χ2v) is 5.66. The van der Waals surface area contributed by atoms with Crippen molar-refractivity contribution in [3.63, 3.8) is 0 Å². The molecule has 0 atom stereocenters. The number of imidazole rings is 1. The van der Waals surface area contributed by atoms with Crippen LogP contribution in [0.2, 0.25) is 0 Å². The average Bonchev–Trinajstić information content (AvgIpc) is 2.91. The molecule has 0 amide bonds. The Morgan fingerprint density at radius 3 is 2.79 bits per heavy atom. The highest BCUT2D eigenvalue weighted by molar-refractivity contribution is 7.19. The predicted molar refractivity (Wildman–Crippen MR) is 78.5 cm³/mol. The molecule has 0 bridgehead atoms. The van der Waals surface area contributed by atoms with Gasteiger partial charge >= 0.3 is 0 Å². The molecule has 3 aromatic rings. The molecule has 3 rings (SSSR count). The summed E-state index contributed by atoms with van der Waals surface area (Å²) in [5.41, 5.74) is 10.3. The first-order valence-corrected chi connectivity index (χ1v) is 7.12. The van der Waals surface area contributed by atoms with Gasteiger partial charge in [0.15, 0.2) is 0 Å². The maximum absolute atomic E-state index is 5.54. The first-order chi connectivity index (χ1) is 9.17. The zero-order valence-electron chi connectivity index (χ0n) is 11.1. The van der Waals surface area contributed by atoms with Crippen molar-refractivity contribution in [2.75, 3.05) is 6.54 Å². The van der Waals surface area contributed by atoms with E-state index in [1.807, 2.05) is 10.7 Å². The van der Waals surface area contributed by atoms with Gasteiger partial charge in [-0.25, -0.2) is 9.50 Å². The molecule has 0 aliphatic carbocycles. The van der Waals surface area contributed by atoms with Gasteiger partial charge in [-0.3, -0.25) is 0 Å². The van der Waals surface area contributed by atoms with Gasteiger partial charge in [0.2, 0.25) is 4.96 Å². The Bertz CT molecular complexity index is 695. The molecule has 0 aliphatic rings. The zero-order chi connectivity index (χ0) is 13.4. The summed E-state index contributed by atoms with van der Waals surface area (Å²) in [6.45, 7) is 4.86. The predicted octanol–water partition coefficient (Wildman–Crippen LogP) is 2.58. The number of nitrogens with two attached hydrogens (primary N) is 1. The van der Waals surface area contributed by atoms with Crippen LogP contribution in [0.4, 0.5) is 0 Å². The van der Waals surface area contributed by atoms with Crippen molar-refractivity contribution < 1.29 is 0 Å². The van der Waals surface area contributed by atoms with Crippen molar-refractivity contribution in [1.29, 1.82) is 0 Å². The molecule has 2 N–H and O–H groups in total. The first-order valence-electron chi connectivity index (χ1n) is 6.30. The molecule has 98 valence electrons. The lowest BCUT2D eigenvalue weighted by Crippen LogP contribution is -2.02. The van der Waals surface area contributed by atoms with Gasteiger partial charge in [-0.15, -0.1) is 0 Å². The molecule has 0 radical (unpaired) electrons. The van der Waals surface area contributed by atoms with E-state index in [0.717, 1.165) is 27.6 Å². The minimum Gasteiger partial charge on any atom is -0.330 e. The molecule has 2 aromatic heterocycles. The smallest absolute Gasteiger partial charge is 0.212 e. The first kappa shape index (κ1) is 12.3. The van der Waals surface area contributed by atoms with Crippen LogP contribution in [0.5, 0.6) is 0 Å². The Morgan fingerprint density at radius 2 is 2.11 bits per heavy atom. The van der Waals surface area contributed by atoms with Crippen LogP contribution >= 0.6 is 11.3 Å². The lowest BCUT2D eigenvalue weighted by Gasteiger charge is -2.01. The highest BCUT2D eigenvalue weighted by Gasteiger charge is 2.10. The molecule has 0 unspecified atom stereocenters. The van der Waals surface area contributed by atoms with Crippen LogP contribution in [0.1, 0.15) is 16.8 Å². The van der Waals surface area contributed by atoms with E-state index in [2.05, 4.69) is 42.1 Å². The standard InChI is InChI=1S/C14H16N4S/c1-9-3-4-11(7-10(9)2)13-17-18-8-12(5-6-15)16-14(18)19-13/h3-4,7-8H,5-6,15H2,1-2H3. The van der Waals surface area contributed by atoms with E-state index in [4.69, 9.17) is 5.73 Å². The number of fused-ring (bicyclic) bond motifs is 1. The molecule has 1 aromatic carbocycles. The largest absolute Gasteiger partial charge is 0.330 e. The number of hydrogen-bond donors (Lipinski definition) is 1. The van der Waals surface area contributed by atoms with E-state index in [9.17, 15) is 0 Å². The summed E-state index contributed by atoms with van der Waals surface area (Å²) in [6, 6.07) is 6.42. The third-order valence-electron chi connectivity index (χ3n) is 3.25. The highest BCUT2D eigenvalue weighted by Crippen LogP contribution is 2.27. The Hall–Kier alpha value is -1.72. The molecule has 0 saturated heterocycles. The topological polar surface area (TPSA) is 56.2 Å². The third-order valence-corrected chi connectivity index (χ3v) is 4.22. The second-order valence-electron chi connectivity index (χ2n) is 4.70. The molecule has 0 saturated carbocycles. The number of nitrogens with zero attached hydrogens (tertiary/aromatic N) is 3. The minimum atomic E-state index is 0.620. The molecular weight excluding hydrogens is 256 g/mol. The Morgan fingerprint density at radius 1 is 1.26 bits per heavy atom. The molecule has 19 heavy (non-hydrogen) atoms. The van der Waals surface area contributed by atoms with Gasteiger partial charge in [0.05, 0.1) is 11.9 Å². The lowest BCUT2D eigenvalue weighted by atomic mass is 10.1. The average molecular weight is 272 g/mol. The fourth-order valence-corrected chi connectivity index (χ4v) is 2.90. The number of benzene rings is 1. The second kappa shape index (κ2) is 4.75. The highest BCUT2D eigenvalue weighted by atomic mass is 32.1. The summed E-state index contributed by atoms with van der Waals surface area (Å²) in [7, 11) is 0. The number of aryl methyl sites for hydroxylation is 2. The van der Waals surface area contributed by atoms with E-state index in [0.29, 0.717) is 6.54 Å². The van der Waals surface area contributed by atoms with Crippen LogP contribution in [0.3, 0.4) is 0 Å². The Balaban J connectivity index is 2.00. The number of aromatic nitrogens is 3. The summed E-state index contributed by atoms with van der Waals surface area (Å²) in [5, 5.41) is 5.59. The van der Waals surface area contributed by atoms with Crippen LogP contribution < -0.4 is 5.73 Å². The quantitative estimate of drug-likeness (QED) is 0.797. The molecule has 0 fully saturated rings. The Kier molecular flexibility index (Phi) is 3.08. The number of hydrogen-bond acceptors (Lipinski definition) is 4. The lowest BCUT2D eigenvalue weighted by molar-refractivity contribution is 0.924. The zero-order valence-corrected chi connectivity index (χ0v) is 11.9. The van der Waals surface area contributed by atoms with Crippen LogP contribution in [-0.2, 0) is 6.42 Å². The molecule has 4 nitrogen and oxygen atoms in total. The van der Waals surface area contributed by atoms with Gasteiger partial charge in [0.25, 0.3) is 0 Å². The monoisotopic (exact) mass is 272 g/mol. The molecule has 2 heterocycles. The van der Waals surface area contributed by atoms with E-state index in [-0.39, 0.29) is 0 Å². The normalized spacial score (nSPS) is 11.3. The van der Waals surface area contributed by atoms with Crippen molar-refractivity contribution in [3.05, 3.63) is 41.2 Å². The van der Waals surface area contributed by atoms with E-state index in [1.54, 1.807) is 11.3 Å². The fraction of sp³-hybridized carbons (Fsp3) is 0.286. The summed E-state index contributed by atoms with van der Waals surface area (Å²) in [4.78, 5) is 5.46. The summed E-state index contributed by atoms with van der Waals surface area (Å²) < 4.78 is 1.85. The summed E-state index contributed by atoms with van der Waals surface area (Å²) in [5.74, 6) is 0. The number of rotatable bonds is 3. The maximum atomic E-state index is 5.54. The SMILES string of the molecule is Cc1ccc(-c2nn3cc(CCN)nc3s2)cc1C. The fourth-order valence-electron chi connectivity index (χ4n) is 2.00. The third kappa shape index (κ3) is 2.27. The van der Waals surface area contributed by atoms with Gasteiger partial charge < -0.3 is 5.73 Å². The van der Waals surface area contributed by atoms with Gasteiger partial charge in [-0.2, -0.15) is 5.10 Å². The van der Waals surface area contributed by atoms with Gasteiger partial charge in [-0.05, 0) is 37.6 Å². The van der Waals surface area contributed by atoms with Gasteiger partial charge in [0, 0.05) is 12.0 Å². The van der Waals surface area contributed by atoms with Crippen molar-refractivity contribution in [2.45, 2.75) is 20.3 Å². The van der Waals surface area contributed by atoms with E-state index in [1.165, 1.54) is 11.1 Å². The minimum absolute atomic E-state index is 0.620. The van der Waals surface area contributed by atoms with Crippen LogP contribution in [0.15, 0.2) is 24.4 Å². The summed E-state index contributed by atoms with van der Waals surface area (Å²) in [6.07, 6.45) is 2.76.